The van der Waals surface area contributed by atoms with E-state index >= 15 is 0 Å². The maximum absolute atomic E-state index is 3.83. The molecule has 0 heterocycles. The molecule has 0 amide bonds. The van der Waals surface area contributed by atoms with E-state index in [-0.39, 0.29) is 0 Å². The molecule has 0 saturated carbocycles. The minimum Gasteiger partial charge on any atom is -0.0885 e. The van der Waals surface area contributed by atoms with Crippen LogP contribution in [0.2, 0.25) is 0 Å². The molecule has 1 radical (unpaired) electrons. The van der Waals surface area contributed by atoms with Gasteiger partial charge in [-0.05, 0) is 25.7 Å². The second kappa shape index (κ2) is 16.7. The summed E-state index contributed by atoms with van der Waals surface area (Å²) in [7, 11) is 0. The van der Waals surface area contributed by atoms with Gasteiger partial charge in [-0.3, -0.25) is 0 Å². The minimum absolute atomic E-state index is 1.04. The summed E-state index contributed by atoms with van der Waals surface area (Å²) < 4.78 is 0. The molecule has 0 N–H and O–H groups in total. The van der Waals surface area contributed by atoms with Crippen molar-refractivity contribution in [2.75, 3.05) is 0 Å². The molecule has 0 spiro atoms. The third-order valence-corrected chi connectivity index (χ3v) is 3.51. The molecule has 0 aliphatic heterocycles. The topological polar surface area (TPSA) is 0 Å². The van der Waals surface area contributed by atoms with Crippen molar-refractivity contribution in [2.24, 2.45) is 0 Å². The van der Waals surface area contributed by atoms with Crippen LogP contribution >= 0.6 is 0 Å². The van der Waals surface area contributed by atoms with Gasteiger partial charge >= 0.3 is 0 Å². The quantitative estimate of drug-likeness (QED) is 0.234. The van der Waals surface area contributed by atoms with E-state index in [9.17, 15) is 0 Å². The molecule has 0 aliphatic carbocycles. The summed E-state index contributed by atoms with van der Waals surface area (Å²) in [5.74, 6) is 0. The lowest BCUT2D eigenvalue weighted by atomic mass is 10.1. The van der Waals surface area contributed by atoms with Crippen LogP contribution in [0.4, 0.5) is 0 Å². The zero-order chi connectivity index (χ0) is 13.3. The van der Waals surface area contributed by atoms with Gasteiger partial charge in [-0.15, -0.1) is 0 Å². The largest absolute Gasteiger partial charge is 0.0885 e. The van der Waals surface area contributed by atoms with Crippen LogP contribution in [-0.2, 0) is 0 Å². The molecule has 0 aliphatic rings. The highest BCUT2D eigenvalue weighted by Gasteiger charge is 1.92. The smallest absolute Gasteiger partial charge is 0.0351 e. The van der Waals surface area contributed by atoms with Gasteiger partial charge in [0.15, 0.2) is 0 Å². The number of unbranched alkanes of at least 4 members (excludes halogenated alkanes) is 12. The van der Waals surface area contributed by atoms with Gasteiger partial charge < -0.3 is 0 Å². The highest BCUT2D eigenvalue weighted by atomic mass is 14.0. The Kier molecular flexibility index (Phi) is 16.5. The van der Waals surface area contributed by atoms with E-state index in [1.807, 2.05) is 0 Å². The molecule has 0 bridgehead atoms. The fourth-order valence-corrected chi connectivity index (χ4v) is 2.28. The lowest BCUT2D eigenvalue weighted by molar-refractivity contribution is 0.550. The standard InChI is InChI=1S/C18H35/c1-3-5-7-9-11-13-15-17-18-16-14-12-10-8-6-4-2/h7,9H,1,3-6,8,10-18H2,2H3/b9-7+. The van der Waals surface area contributed by atoms with E-state index in [0.29, 0.717) is 0 Å². The second-order valence-electron chi connectivity index (χ2n) is 5.44. The predicted molar refractivity (Wildman–Crippen MR) is 84.8 cm³/mol. The van der Waals surface area contributed by atoms with E-state index in [2.05, 4.69) is 26.0 Å². The SMILES string of the molecule is [CH2]CC/C=C/CCCCCCCCCCCCC. The summed E-state index contributed by atoms with van der Waals surface area (Å²) in [5.41, 5.74) is 0. The summed E-state index contributed by atoms with van der Waals surface area (Å²) >= 11 is 0. The third kappa shape index (κ3) is 15.7. The summed E-state index contributed by atoms with van der Waals surface area (Å²) in [6.07, 6.45) is 23.9. The normalized spacial score (nSPS) is 11.4. The fourth-order valence-electron chi connectivity index (χ4n) is 2.28. The Balaban J connectivity index is 2.94. The Morgan fingerprint density at radius 1 is 0.611 bits per heavy atom. The molecule has 0 unspecified atom stereocenters. The van der Waals surface area contributed by atoms with Crippen LogP contribution in [0.15, 0.2) is 12.2 Å². The van der Waals surface area contributed by atoms with Crippen molar-refractivity contribution in [3.05, 3.63) is 19.1 Å². The van der Waals surface area contributed by atoms with Crippen LogP contribution in [0, 0.1) is 6.92 Å². The molecule has 18 heavy (non-hydrogen) atoms. The highest BCUT2D eigenvalue weighted by Crippen LogP contribution is 2.12. The maximum Gasteiger partial charge on any atom is -0.0351 e. The van der Waals surface area contributed by atoms with Crippen molar-refractivity contribution < 1.29 is 0 Å². The monoisotopic (exact) mass is 251 g/mol. The predicted octanol–water partition coefficient (Wildman–Crippen LogP) is 6.86. The number of hydrogen-bond acceptors (Lipinski definition) is 0. The van der Waals surface area contributed by atoms with E-state index in [1.165, 1.54) is 77.0 Å². The van der Waals surface area contributed by atoms with Gasteiger partial charge in [0, 0.05) is 0 Å². The first-order chi connectivity index (χ1) is 8.91. The zero-order valence-electron chi connectivity index (χ0n) is 12.8. The molecule has 0 fully saturated rings. The van der Waals surface area contributed by atoms with Crippen molar-refractivity contribution >= 4 is 0 Å². The van der Waals surface area contributed by atoms with Crippen LogP contribution in [-0.4, -0.2) is 0 Å². The Hall–Kier alpha value is -0.260. The van der Waals surface area contributed by atoms with Gasteiger partial charge in [0.05, 0.1) is 0 Å². The van der Waals surface area contributed by atoms with Crippen molar-refractivity contribution in [3.8, 4) is 0 Å². The van der Waals surface area contributed by atoms with E-state index < -0.39 is 0 Å². The van der Waals surface area contributed by atoms with Crippen LogP contribution in [0.25, 0.3) is 0 Å². The summed E-state index contributed by atoms with van der Waals surface area (Å²) in [4.78, 5) is 0. The average Bonchev–Trinajstić information content (AvgIpc) is 2.39. The first kappa shape index (κ1) is 17.7. The number of allylic oxidation sites excluding steroid dienone is 2. The first-order valence-electron chi connectivity index (χ1n) is 8.36. The number of hydrogen-bond donors (Lipinski definition) is 0. The van der Waals surface area contributed by atoms with E-state index in [0.717, 1.165) is 12.8 Å². The van der Waals surface area contributed by atoms with Gasteiger partial charge in [0.25, 0.3) is 0 Å². The van der Waals surface area contributed by atoms with Gasteiger partial charge in [-0.1, -0.05) is 90.2 Å². The Labute approximate surface area is 116 Å². The van der Waals surface area contributed by atoms with Crippen molar-refractivity contribution in [1.82, 2.24) is 0 Å². The molecule has 0 saturated heterocycles. The highest BCUT2D eigenvalue weighted by molar-refractivity contribution is 4.81. The molecule has 107 valence electrons. The number of rotatable bonds is 14. The van der Waals surface area contributed by atoms with Crippen molar-refractivity contribution in [3.63, 3.8) is 0 Å². The van der Waals surface area contributed by atoms with E-state index in [1.54, 1.807) is 0 Å². The second-order valence-corrected chi connectivity index (χ2v) is 5.44. The first-order valence-corrected chi connectivity index (χ1v) is 8.36. The van der Waals surface area contributed by atoms with Crippen LogP contribution in [0.1, 0.15) is 96.8 Å². The zero-order valence-corrected chi connectivity index (χ0v) is 12.8. The van der Waals surface area contributed by atoms with Gasteiger partial charge in [0.1, 0.15) is 0 Å². The average molecular weight is 251 g/mol. The molecular weight excluding hydrogens is 216 g/mol. The molecule has 0 nitrogen and oxygen atoms in total. The van der Waals surface area contributed by atoms with Crippen LogP contribution in [0.5, 0.6) is 0 Å². The van der Waals surface area contributed by atoms with Crippen LogP contribution < -0.4 is 0 Å². The fraction of sp³-hybridized carbons (Fsp3) is 0.833. The lowest BCUT2D eigenvalue weighted by Gasteiger charge is -2.01. The molecule has 0 rings (SSSR count). The molecule has 0 heteroatoms. The summed E-state index contributed by atoms with van der Waals surface area (Å²) in [5, 5.41) is 0. The third-order valence-electron chi connectivity index (χ3n) is 3.51. The Morgan fingerprint density at radius 2 is 1.06 bits per heavy atom. The minimum atomic E-state index is 1.04. The van der Waals surface area contributed by atoms with Crippen molar-refractivity contribution in [2.45, 2.75) is 96.8 Å². The Bertz CT molecular complexity index is 157. The molecule has 0 aromatic rings. The lowest BCUT2D eigenvalue weighted by Crippen LogP contribution is -1.81. The molecule has 0 aromatic heterocycles. The maximum atomic E-state index is 3.83. The van der Waals surface area contributed by atoms with Gasteiger partial charge in [-0.25, -0.2) is 0 Å². The molecule has 0 aromatic carbocycles. The summed E-state index contributed by atoms with van der Waals surface area (Å²) in [6, 6.07) is 0. The van der Waals surface area contributed by atoms with E-state index in [4.69, 9.17) is 0 Å². The van der Waals surface area contributed by atoms with Crippen LogP contribution in [0.3, 0.4) is 0 Å². The van der Waals surface area contributed by atoms with Gasteiger partial charge in [-0.2, -0.15) is 0 Å². The summed E-state index contributed by atoms with van der Waals surface area (Å²) in [6.45, 7) is 6.12. The Morgan fingerprint density at radius 3 is 1.56 bits per heavy atom. The molecule has 0 atom stereocenters. The van der Waals surface area contributed by atoms with Crippen molar-refractivity contribution in [1.29, 1.82) is 0 Å². The molecular formula is C18H35. The van der Waals surface area contributed by atoms with Gasteiger partial charge in [0.2, 0.25) is 0 Å².